The summed E-state index contributed by atoms with van der Waals surface area (Å²) in [6.45, 7) is 2.27. The van der Waals surface area contributed by atoms with Crippen molar-refractivity contribution in [2.45, 2.75) is 12.8 Å². The number of aromatic carboxylic acids is 1. The fraction of sp³-hybridized carbons (Fsp3) is 0.333. The first-order valence-electron chi connectivity index (χ1n) is 7.94. The molecule has 1 N–H and O–H groups in total. The highest BCUT2D eigenvalue weighted by Gasteiger charge is 2.21. The summed E-state index contributed by atoms with van der Waals surface area (Å²) < 4.78 is 18.6. The lowest BCUT2D eigenvalue weighted by Gasteiger charge is -2.33. The second-order valence-corrected chi connectivity index (χ2v) is 5.93. The predicted octanol–water partition coefficient (Wildman–Crippen LogP) is 3.21. The van der Waals surface area contributed by atoms with Gasteiger partial charge in [-0.1, -0.05) is 0 Å². The Kier molecular flexibility index (Phi) is 4.93. The third-order valence-corrected chi connectivity index (χ3v) is 4.14. The normalized spacial score (nSPS) is 17.5. The van der Waals surface area contributed by atoms with Gasteiger partial charge < -0.3 is 14.7 Å². The quantitative estimate of drug-likeness (QED) is 0.912. The Morgan fingerprint density at radius 2 is 2.08 bits per heavy atom. The number of aromatic nitrogens is 1. The Morgan fingerprint density at radius 1 is 1.29 bits per heavy atom. The number of pyridine rings is 1. The summed E-state index contributed by atoms with van der Waals surface area (Å²) in [5.74, 6) is 0.550. The fourth-order valence-corrected chi connectivity index (χ4v) is 2.85. The number of rotatable bonds is 5. The van der Waals surface area contributed by atoms with Crippen LogP contribution in [0.2, 0.25) is 0 Å². The van der Waals surface area contributed by atoms with Crippen molar-refractivity contribution in [3.63, 3.8) is 0 Å². The van der Waals surface area contributed by atoms with Gasteiger partial charge in [0.25, 0.3) is 0 Å². The van der Waals surface area contributed by atoms with Crippen molar-refractivity contribution in [1.29, 1.82) is 0 Å². The van der Waals surface area contributed by atoms with Crippen molar-refractivity contribution in [2.75, 3.05) is 24.6 Å². The summed E-state index contributed by atoms with van der Waals surface area (Å²) in [4.78, 5) is 17.3. The first-order chi connectivity index (χ1) is 11.6. The van der Waals surface area contributed by atoms with Gasteiger partial charge >= 0.3 is 5.97 Å². The molecule has 2 aromatic rings. The minimum absolute atomic E-state index is 0.187. The van der Waals surface area contributed by atoms with Crippen LogP contribution in [0, 0.1) is 11.7 Å². The van der Waals surface area contributed by atoms with Crippen molar-refractivity contribution in [1.82, 2.24) is 4.98 Å². The summed E-state index contributed by atoms with van der Waals surface area (Å²) in [6, 6.07) is 9.34. The second-order valence-electron chi connectivity index (χ2n) is 5.93. The van der Waals surface area contributed by atoms with Crippen LogP contribution in [0.5, 0.6) is 5.75 Å². The molecule has 2 heterocycles. The zero-order valence-electron chi connectivity index (χ0n) is 13.2. The molecule has 6 heteroatoms. The van der Waals surface area contributed by atoms with E-state index in [-0.39, 0.29) is 11.4 Å². The van der Waals surface area contributed by atoms with Gasteiger partial charge in [0, 0.05) is 25.2 Å². The Hall–Kier alpha value is -2.63. The van der Waals surface area contributed by atoms with Gasteiger partial charge in [-0.25, -0.2) is 14.2 Å². The molecule has 126 valence electrons. The van der Waals surface area contributed by atoms with Crippen LogP contribution in [0.15, 0.2) is 42.6 Å². The van der Waals surface area contributed by atoms with Crippen LogP contribution in [-0.2, 0) is 0 Å². The third-order valence-electron chi connectivity index (χ3n) is 4.14. The van der Waals surface area contributed by atoms with Gasteiger partial charge in [0.1, 0.15) is 17.4 Å². The second kappa shape index (κ2) is 7.29. The van der Waals surface area contributed by atoms with Crippen LogP contribution in [0.4, 0.5) is 10.2 Å². The molecule has 3 rings (SSSR count). The molecule has 1 atom stereocenters. The summed E-state index contributed by atoms with van der Waals surface area (Å²) in [5, 5.41) is 8.93. The summed E-state index contributed by atoms with van der Waals surface area (Å²) in [6.07, 6.45) is 3.47. The standard InChI is InChI=1S/C18H19FN2O3/c19-15-4-6-16(7-5-15)24-12-13-2-1-9-21(11-13)17-8-3-14(10-20-17)18(22)23/h3-8,10,13H,1-2,9,11-12H2,(H,22,23)/t13-/m0/s1. The Morgan fingerprint density at radius 3 is 2.75 bits per heavy atom. The number of piperidine rings is 1. The van der Waals surface area contributed by atoms with E-state index in [9.17, 15) is 9.18 Å². The molecule has 24 heavy (non-hydrogen) atoms. The predicted molar refractivity (Wildman–Crippen MR) is 88.0 cm³/mol. The van der Waals surface area contributed by atoms with Crippen LogP contribution >= 0.6 is 0 Å². The minimum atomic E-state index is -0.974. The molecule has 5 nitrogen and oxygen atoms in total. The molecule has 0 aliphatic carbocycles. The number of halogens is 1. The maximum absolute atomic E-state index is 12.9. The van der Waals surface area contributed by atoms with E-state index in [0.717, 1.165) is 31.7 Å². The highest BCUT2D eigenvalue weighted by atomic mass is 19.1. The molecule has 0 radical (unpaired) electrons. The average molecular weight is 330 g/mol. The maximum Gasteiger partial charge on any atom is 0.337 e. The molecule has 0 amide bonds. The number of carboxylic acid groups (broad SMARTS) is 1. The van der Waals surface area contributed by atoms with Crippen LogP contribution in [0.1, 0.15) is 23.2 Å². The van der Waals surface area contributed by atoms with Gasteiger partial charge in [-0.05, 0) is 49.2 Å². The van der Waals surface area contributed by atoms with Crippen LogP contribution < -0.4 is 9.64 Å². The zero-order chi connectivity index (χ0) is 16.9. The molecule has 1 aliphatic heterocycles. The van der Waals surface area contributed by atoms with Crippen molar-refractivity contribution in [3.05, 3.63) is 54.0 Å². The Bertz CT molecular complexity index is 688. The van der Waals surface area contributed by atoms with Crippen LogP contribution in [-0.4, -0.2) is 35.8 Å². The number of benzene rings is 1. The van der Waals surface area contributed by atoms with E-state index in [0.29, 0.717) is 18.3 Å². The molecule has 0 spiro atoms. The average Bonchev–Trinajstić information content (AvgIpc) is 2.61. The number of carbonyl (C=O) groups is 1. The molecule has 1 saturated heterocycles. The van der Waals surface area contributed by atoms with Crippen molar-refractivity contribution < 1.29 is 19.0 Å². The van der Waals surface area contributed by atoms with Gasteiger partial charge in [-0.2, -0.15) is 0 Å². The van der Waals surface area contributed by atoms with Crippen molar-refractivity contribution in [2.24, 2.45) is 5.92 Å². The smallest absolute Gasteiger partial charge is 0.337 e. The van der Waals surface area contributed by atoms with E-state index in [1.54, 1.807) is 24.3 Å². The highest BCUT2D eigenvalue weighted by molar-refractivity contribution is 5.87. The van der Waals surface area contributed by atoms with Gasteiger partial charge in [-0.15, -0.1) is 0 Å². The molecule has 1 fully saturated rings. The molecule has 0 bridgehead atoms. The van der Waals surface area contributed by atoms with Gasteiger partial charge in [-0.3, -0.25) is 0 Å². The van der Waals surface area contributed by atoms with E-state index in [1.807, 2.05) is 0 Å². The van der Waals surface area contributed by atoms with E-state index in [2.05, 4.69) is 9.88 Å². The maximum atomic E-state index is 12.9. The van der Waals surface area contributed by atoms with Crippen molar-refractivity contribution in [3.8, 4) is 5.75 Å². The van der Waals surface area contributed by atoms with Crippen molar-refractivity contribution >= 4 is 11.8 Å². The van der Waals surface area contributed by atoms with Gasteiger partial charge in [0.05, 0.1) is 12.2 Å². The first kappa shape index (κ1) is 16.2. The van der Waals surface area contributed by atoms with Crippen LogP contribution in [0.3, 0.4) is 0 Å². The molecule has 0 saturated carbocycles. The molecule has 1 aliphatic rings. The molecule has 0 unspecified atom stereocenters. The number of carboxylic acids is 1. The molecule has 1 aromatic carbocycles. The lowest BCUT2D eigenvalue weighted by atomic mass is 9.99. The molecule has 1 aromatic heterocycles. The van der Waals surface area contributed by atoms with Crippen LogP contribution in [0.25, 0.3) is 0 Å². The van der Waals surface area contributed by atoms with E-state index >= 15 is 0 Å². The Labute approximate surface area is 139 Å². The summed E-state index contributed by atoms with van der Waals surface area (Å²) in [7, 11) is 0. The number of anilines is 1. The SMILES string of the molecule is O=C(O)c1ccc(N2CCC[C@H](COc3ccc(F)cc3)C2)nc1. The topological polar surface area (TPSA) is 62.7 Å². The lowest BCUT2D eigenvalue weighted by molar-refractivity contribution is 0.0696. The summed E-state index contributed by atoms with van der Waals surface area (Å²) >= 11 is 0. The number of hydrogen-bond donors (Lipinski definition) is 1. The lowest BCUT2D eigenvalue weighted by Crippen LogP contribution is -2.38. The molecular weight excluding hydrogens is 311 g/mol. The number of ether oxygens (including phenoxy) is 1. The van der Waals surface area contributed by atoms with E-state index in [1.165, 1.54) is 18.3 Å². The molecular formula is C18H19FN2O3. The first-order valence-corrected chi connectivity index (χ1v) is 7.94. The van der Waals surface area contributed by atoms with E-state index in [4.69, 9.17) is 9.84 Å². The number of hydrogen-bond acceptors (Lipinski definition) is 4. The fourth-order valence-electron chi connectivity index (χ4n) is 2.85. The Balaban J connectivity index is 1.57. The minimum Gasteiger partial charge on any atom is -0.493 e. The highest BCUT2D eigenvalue weighted by Crippen LogP contribution is 2.23. The zero-order valence-corrected chi connectivity index (χ0v) is 13.2. The monoisotopic (exact) mass is 330 g/mol. The van der Waals surface area contributed by atoms with Gasteiger partial charge in [0.2, 0.25) is 0 Å². The van der Waals surface area contributed by atoms with Gasteiger partial charge in [0.15, 0.2) is 0 Å². The summed E-state index contributed by atoms with van der Waals surface area (Å²) in [5.41, 5.74) is 0.187. The largest absolute Gasteiger partial charge is 0.493 e. The third kappa shape index (κ3) is 4.01. The van der Waals surface area contributed by atoms with E-state index < -0.39 is 5.97 Å². The number of nitrogens with zero attached hydrogens (tertiary/aromatic N) is 2.